The van der Waals surface area contributed by atoms with Crippen molar-refractivity contribution in [1.29, 1.82) is 0 Å². The van der Waals surface area contributed by atoms with Gasteiger partial charge in [-0.2, -0.15) is 0 Å². The first-order valence-electron chi connectivity index (χ1n) is 4.94. The Morgan fingerprint density at radius 2 is 2.06 bits per heavy atom. The van der Waals surface area contributed by atoms with Gasteiger partial charge >= 0.3 is 6.03 Å². The second kappa shape index (κ2) is 4.92. The third-order valence-electron chi connectivity index (χ3n) is 2.34. The smallest absolute Gasteiger partial charge is 0.321 e. The van der Waals surface area contributed by atoms with Crippen LogP contribution in [0.3, 0.4) is 0 Å². The molecule has 0 aliphatic carbocycles. The maximum Gasteiger partial charge on any atom is 0.321 e. The van der Waals surface area contributed by atoms with Gasteiger partial charge in [-0.15, -0.1) is 0 Å². The summed E-state index contributed by atoms with van der Waals surface area (Å²) in [6.07, 6.45) is 0. The van der Waals surface area contributed by atoms with Gasteiger partial charge in [0.15, 0.2) is 5.82 Å². The van der Waals surface area contributed by atoms with Crippen molar-refractivity contribution in [2.75, 3.05) is 18.9 Å². The lowest BCUT2D eigenvalue weighted by molar-refractivity contribution is 0.224. The Bertz CT molecular complexity index is 407. The van der Waals surface area contributed by atoms with E-state index < -0.39 is 23.4 Å². The summed E-state index contributed by atoms with van der Waals surface area (Å²) in [4.78, 5) is 12.8. The van der Waals surface area contributed by atoms with Crippen molar-refractivity contribution in [3.8, 4) is 0 Å². The molecule has 0 saturated carbocycles. The van der Waals surface area contributed by atoms with Gasteiger partial charge in [-0.1, -0.05) is 6.07 Å². The van der Waals surface area contributed by atoms with Gasteiger partial charge in [0.05, 0.1) is 0 Å². The highest BCUT2D eigenvalue weighted by Gasteiger charge is 2.15. The van der Waals surface area contributed by atoms with Gasteiger partial charge < -0.3 is 10.2 Å². The number of benzene rings is 1. The van der Waals surface area contributed by atoms with Crippen molar-refractivity contribution in [2.45, 2.75) is 13.8 Å². The fraction of sp³-hybridized carbons (Fsp3) is 0.364. The van der Waals surface area contributed by atoms with Gasteiger partial charge in [-0.3, -0.25) is 0 Å². The number of amides is 2. The number of rotatable bonds is 2. The third-order valence-corrected chi connectivity index (χ3v) is 2.34. The van der Waals surface area contributed by atoms with Crippen molar-refractivity contribution >= 4 is 11.7 Å². The predicted molar refractivity (Wildman–Crippen MR) is 58.4 cm³/mol. The van der Waals surface area contributed by atoms with Gasteiger partial charge in [0.1, 0.15) is 11.5 Å². The second-order valence-electron chi connectivity index (χ2n) is 3.50. The van der Waals surface area contributed by atoms with E-state index >= 15 is 0 Å². The number of anilines is 1. The number of urea groups is 1. The number of nitrogens with one attached hydrogen (secondary N) is 1. The predicted octanol–water partition coefficient (Wildman–Crippen LogP) is 2.76. The molecule has 88 valence electrons. The van der Waals surface area contributed by atoms with Crippen molar-refractivity contribution in [3.63, 3.8) is 0 Å². The Labute approximate surface area is 93.1 Å². The average Bonchev–Trinajstić information content (AvgIpc) is 2.28. The molecule has 16 heavy (non-hydrogen) atoms. The Balaban J connectivity index is 2.97. The maximum absolute atomic E-state index is 13.5. The highest BCUT2D eigenvalue weighted by atomic mass is 19.1. The fourth-order valence-corrected chi connectivity index (χ4v) is 1.12. The van der Waals surface area contributed by atoms with E-state index in [2.05, 4.69) is 5.32 Å². The molecule has 2 amide bonds. The zero-order valence-corrected chi connectivity index (χ0v) is 9.47. The van der Waals surface area contributed by atoms with Crippen LogP contribution in [0.1, 0.15) is 12.5 Å². The molecule has 0 aliphatic rings. The van der Waals surface area contributed by atoms with E-state index in [-0.39, 0.29) is 5.56 Å². The summed E-state index contributed by atoms with van der Waals surface area (Å²) in [6, 6.07) is 1.91. The standard InChI is InChI=1S/C11H14F2N2O/c1-4-15(3)11(16)14-10-8(12)6-5-7(2)9(10)13/h5-6H,4H2,1-3H3,(H,14,16). The molecule has 0 spiro atoms. The molecule has 0 fully saturated rings. The van der Waals surface area contributed by atoms with Gasteiger partial charge in [-0.25, -0.2) is 13.6 Å². The van der Waals surface area contributed by atoms with Crippen molar-refractivity contribution in [3.05, 3.63) is 29.3 Å². The summed E-state index contributed by atoms with van der Waals surface area (Å²) in [7, 11) is 1.54. The first-order chi connectivity index (χ1) is 7.47. The van der Waals surface area contributed by atoms with E-state index in [1.54, 1.807) is 14.0 Å². The van der Waals surface area contributed by atoms with Crippen LogP contribution in [0.5, 0.6) is 0 Å². The topological polar surface area (TPSA) is 32.3 Å². The molecule has 1 rings (SSSR count). The molecular weight excluding hydrogens is 214 g/mol. The zero-order chi connectivity index (χ0) is 12.3. The monoisotopic (exact) mass is 228 g/mol. The van der Waals surface area contributed by atoms with Crippen molar-refractivity contribution in [2.24, 2.45) is 0 Å². The summed E-state index contributed by atoms with van der Waals surface area (Å²) in [6.45, 7) is 3.73. The molecule has 0 radical (unpaired) electrons. The minimum Gasteiger partial charge on any atom is -0.328 e. The minimum absolute atomic E-state index is 0.288. The second-order valence-corrected chi connectivity index (χ2v) is 3.50. The molecule has 0 bridgehead atoms. The molecule has 0 unspecified atom stereocenters. The van der Waals surface area contributed by atoms with Crippen LogP contribution in [0.2, 0.25) is 0 Å². The Morgan fingerprint density at radius 3 is 2.62 bits per heavy atom. The fourth-order valence-electron chi connectivity index (χ4n) is 1.12. The summed E-state index contributed by atoms with van der Waals surface area (Å²) < 4.78 is 26.8. The van der Waals surface area contributed by atoms with Gasteiger partial charge in [-0.05, 0) is 25.5 Å². The third kappa shape index (κ3) is 2.48. The molecule has 0 saturated heterocycles. The lowest BCUT2D eigenvalue weighted by atomic mass is 10.2. The molecule has 3 nitrogen and oxygen atoms in total. The highest BCUT2D eigenvalue weighted by molar-refractivity contribution is 5.89. The minimum atomic E-state index is -0.777. The first kappa shape index (κ1) is 12.4. The van der Waals surface area contributed by atoms with Gasteiger partial charge in [0.25, 0.3) is 0 Å². The molecule has 0 aromatic heterocycles. The maximum atomic E-state index is 13.5. The number of hydrogen-bond donors (Lipinski definition) is 1. The number of carbonyl (C=O) groups is 1. The van der Waals surface area contributed by atoms with Crippen LogP contribution in [-0.2, 0) is 0 Å². The summed E-state index contributed by atoms with van der Waals surface area (Å²) in [5.41, 5.74) is -0.110. The van der Waals surface area contributed by atoms with Gasteiger partial charge in [0.2, 0.25) is 0 Å². The number of hydrogen-bond acceptors (Lipinski definition) is 1. The van der Waals surface area contributed by atoms with E-state index in [4.69, 9.17) is 0 Å². The van der Waals surface area contributed by atoms with E-state index in [1.807, 2.05) is 0 Å². The van der Waals surface area contributed by atoms with Crippen molar-refractivity contribution in [1.82, 2.24) is 4.90 Å². The highest BCUT2D eigenvalue weighted by Crippen LogP contribution is 2.21. The molecular formula is C11H14F2N2O. The van der Waals surface area contributed by atoms with Crippen LogP contribution in [0.25, 0.3) is 0 Å². The van der Waals surface area contributed by atoms with Crippen LogP contribution in [0.4, 0.5) is 19.3 Å². The Morgan fingerprint density at radius 1 is 1.44 bits per heavy atom. The van der Waals surface area contributed by atoms with Crippen LogP contribution in [0.15, 0.2) is 12.1 Å². The lowest BCUT2D eigenvalue weighted by Crippen LogP contribution is -2.31. The van der Waals surface area contributed by atoms with Gasteiger partial charge in [0, 0.05) is 13.6 Å². The number of nitrogens with zero attached hydrogens (tertiary/aromatic N) is 1. The Kier molecular flexibility index (Phi) is 3.82. The van der Waals surface area contributed by atoms with Crippen LogP contribution in [-0.4, -0.2) is 24.5 Å². The normalized spacial score (nSPS) is 10.1. The largest absolute Gasteiger partial charge is 0.328 e. The van der Waals surface area contributed by atoms with Crippen LogP contribution < -0.4 is 5.32 Å². The molecule has 1 aromatic carbocycles. The summed E-state index contributed by atoms with van der Waals surface area (Å²) in [5.74, 6) is -1.51. The summed E-state index contributed by atoms with van der Waals surface area (Å²) >= 11 is 0. The lowest BCUT2D eigenvalue weighted by Gasteiger charge is -2.16. The number of halogens is 2. The molecule has 1 aromatic rings. The molecule has 0 aliphatic heterocycles. The zero-order valence-electron chi connectivity index (χ0n) is 9.47. The molecule has 0 atom stereocenters. The average molecular weight is 228 g/mol. The Hall–Kier alpha value is -1.65. The van der Waals surface area contributed by atoms with Crippen LogP contribution >= 0.6 is 0 Å². The van der Waals surface area contributed by atoms with Crippen LogP contribution in [0, 0.1) is 18.6 Å². The summed E-state index contributed by atoms with van der Waals surface area (Å²) in [5, 5.41) is 2.21. The van der Waals surface area contributed by atoms with E-state index in [9.17, 15) is 13.6 Å². The van der Waals surface area contributed by atoms with E-state index in [1.165, 1.54) is 17.9 Å². The first-order valence-corrected chi connectivity index (χ1v) is 4.94. The molecule has 1 N–H and O–H groups in total. The molecule has 0 heterocycles. The van der Waals surface area contributed by atoms with E-state index in [0.717, 1.165) is 6.07 Å². The SMILES string of the molecule is CCN(C)C(=O)Nc1c(F)ccc(C)c1F. The quantitative estimate of drug-likeness (QED) is 0.829. The van der Waals surface area contributed by atoms with E-state index in [0.29, 0.717) is 6.54 Å². The van der Waals surface area contributed by atoms with Crippen molar-refractivity contribution < 1.29 is 13.6 Å². The molecule has 5 heteroatoms. The number of carbonyl (C=O) groups excluding carboxylic acids is 1. The number of aryl methyl sites for hydroxylation is 1.